The highest BCUT2D eigenvalue weighted by molar-refractivity contribution is 5.94. The van der Waals surface area contributed by atoms with Gasteiger partial charge in [0.1, 0.15) is 5.82 Å². The molecule has 0 heterocycles. The second-order valence-corrected chi connectivity index (χ2v) is 2.60. The average Bonchev–Trinajstić information content (AvgIpc) is 2.01. The summed E-state index contributed by atoms with van der Waals surface area (Å²) in [7, 11) is 1.52. The molecule has 1 amide bonds. The summed E-state index contributed by atoms with van der Waals surface area (Å²) in [4.78, 5) is 11.0. The highest BCUT2D eigenvalue weighted by Gasteiger charge is 2.04. The third-order valence-corrected chi connectivity index (χ3v) is 1.53. The van der Waals surface area contributed by atoms with Gasteiger partial charge in [-0.2, -0.15) is 0 Å². The second kappa shape index (κ2) is 3.34. The third-order valence-electron chi connectivity index (χ3n) is 1.53. The van der Waals surface area contributed by atoms with E-state index in [0.717, 1.165) is 5.56 Å². The van der Waals surface area contributed by atoms with Crippen molar-refractivity contribution in [1.29, 1.82) is 0 Å². The number of carbonyl (C=O) groups excluding carboxylic acids is 1. The first kappa shape index (κ1) is 8.71. The lowest BCUT2D eigenvalue weighted by molar-refractivity contribution is 0.0962. The predicted octanol–water partition coefficient (Wildman–Crippen LogP) is 1.49. The van der Waals surface area contributed by atoms with Gasteiger partial charge >= 0.3 is 0 Å². The fraction of sp³-hybridized carbons (Fsp3) is 0.222. The summed E-state index contributed by atoms with van der Waals surface area (Å²) in [5, 5.41) is 2.43. The summed E-state index contributed by atoms with van der Waals surface area (Å²) in [6, 6.07) is 4.24. The van der Waals surface area contributed by atoms with Gasteiger partial charge in [0, 0.05) is 12.6 Å². The van der Waals surface area contributed by atoms with E-state index in [2.05, 4.69) is 5.32 Å². The summed E-state index contributed by atoms with van der Waals surface area (Å²) in [5.74, 6) is -0.647. The molecule has 1 aromatic carbocycles. The van der Waals surface area contributed by atoms with Gasteiger partial charge in [-0.15, -0.1) is 0 Å². The Morgan fingerprint density at radius 3 is 2.58 bits per heavy atom. The molecule has 0 saturated carbocycles. The van der Waals surface area contributed by atoms with Gasteiger partial charge in [-0.1, -0.05) is 0 Å². The van der Waals surface area contributed by atoms with Crippen LogP contribution in [-0.2, 0) is 0 Å². The standard InChI is InChI=1S/C9H10FNO/c1-6-3-7(9(12)11-2)5-8(10)4-6/h3-5H,1-2H3,(H,11,12). The first-order valence-corrected chi connectivity index (χ1v) is 3.63. The molecule has 0 aliphatic heterocycles. The highest BCUT2D eigenvalue weighted by atomic mass is 19.1. The van der Waals surface area contributed by atoms with Crippen molar-refractivity contribution in [2.45, 2.75) is 6.92 Å². The van der Waals surface area contributed by atoms with Crippen LogP contribution < -0.4 is 5.32 Å². The minimum Gasteiger partial charge on any atom is -0.355 e. The molecule has 12 heavy (non-hydrogen) atoms. The van der Waals surface area contributed by atoms with Gasteiger partial charge in [-0.3, -0.25) is 4.79 Å². The van der Waals surface area contributed by atoms with Crippen molar-refractivity contribution < 1.29 is 9.18 Å². The van der Waals surface area contributed by atoms with Crippen LogP contribution in [0.1, 0.15) is 15.9 Å². The maximum absolute atomic E-state index is 12.7. The fourth-order valence-corrected chi connectivity index (χ4v) is 1.01. The van der Waals surface area contributed by atoms with Crippen molar-refractivity contribution >= 4 is 5.91 Å². The summed E-state index contributed by atoms with van der Waals surface area (Å²) in [5.41, 5.74) is 1.10. The van der Waals surface area contributed by atoms with E-state index in [-0.39, 0.29) is 11.7 Å². The molecule has 0 atom stereocenters. The maximum Gasteiger partial charge on any atom is 0.251 e. The van der Waals surface area contributed by atoms with Crippen molar-refractivity contribution in [3.63, 3.8) is 0 Å². The molecule has 2 nitrogen and oxygen atoms in total. The van der Waals surface area contributed by atoms with Gasteiger partial charge in [-0.25, -0.2) is 4.39 Å². The predicted molar refractivity (Wildman–Crippen MR) is 44.5 cm³/mol. The number of halogens is 1. The van der Waals surface area contributed by atoms with E-state index in [1.54, 1.807) is 13.0 Å². The Labute approximate surface area is 70.4 Å². The van der Waals surface area contributed by atoms with E-state index in [4.69, 9.17) is 0 Å². The Balaban J connectivity index is 3.08. The molecule has 0 fully saturated rings. The van der Waals surface area contributed by atoms with Crippen LogP contribution in [0.2, 0.25) is 0 Å². The van der Waals surface area contributed by atoms with Crippen LogP contribution in [-0.4, -0.2) is 13.0 Å². The monoisotopic (exact) mass is 167 g/mol. The molecule has 0 aliphatic rings. The zero-order chi connectivity index (χ0) is 9.14. The summed E-state index contributed by atoms with van der Waals surface area (Å²) in [6.45, 7) is 1.75. The van der Waals surface area contributed by atoms with Gasteiger partial charge in [0.25, 0.3) is 5.91 Å². The van der Waals surface area contributed by atoms with Crippen molar-refractivity contribution in [2.75, 3.05) is 7.05 Å². The molecule has 0 spiro atoms. The van der Waals surface area contributed by atoms with E-state index in [1.807, 2.05) is 0 Å². The summed E-state index contributed by atoms with van der Waals surface area (Å²) < 4.78 is 12.7. The normalized spacial score (nSPS) is 9.58. The molecule has 0 bridgehead atoms. The van der Waals surface area contributed by atoms with E-state index in [0.29, 0.717) is 5.56 Å². The molecule has 3 heteroatoms. The van der Waals surface area contributed by atoms with Gasteiger partial charge in [-0.05, 0) is 30.7 Å². The minimum atomic E-state index is -0.381. The van der Waals surface area contributed by atoms with Crippen LogP contribution in [0.15, 0.2) is 18.2 Å². The first-order valence-electron chi connectivity index (χ1n) is 3.63. The van der Waals surface area contributed by atoms with Crippen LogP contribution in [0, 0.1) is 12.7 Å². The third kappa shape index (κ3) is 1.81. The fourth-order valence-electron chi connectivity index (χ4n) is 1.01. The maximum atomic E-state index is 12.7. The largest absolute Gasteiger partial charge is 0.355 e. The van der Waals surface area contributed by atoms with Crippen molar-refractivity contribution in [1.82, 2.24) is 5.32 Å². The summed E-state index contributed by atoms with van der Waals surface area (Å²) >= 11 is 0. The zero-order valence-electron chi connectivity index (χ0n) is 7.02. The number of hydrogen-bond donors (Lipinski definition) is 1. The number of amides is 1. The van der Waals surface area contributed by atoms with Crippen molar-refractivity contribution in [3.8, 4) is 0 Å². The lowest BCUT2D eigenvalue weighted by Gasteiger charge is -2.00. The Hall–Kier alpha value is -1.38. The number of nitrogens with one attached hydrogen (secondary N) is 1. The molecule has 0 radical (unpaired) electrons. The zero-order valence-corrected chi connectivity index (χ0v) is 7.02. The van der Waals surface area contributed by atoms with E-state index < -0.39 is 0 Å². The van der Waals surface area contributed by atoms with E-state index in [1.165, 1.54) is 19.2 Å². The van der Waals surface area contributed by atoms with Gasteiger partial charge < -0.3 is 5.32 Å². The smallest absolute Gasteiger partial charge is 0.251 e. The van der Waals surface area contributed by atoms with Gasteiger partial charge in [0.05, 0.1) is 0 Å². The number of rotatable bonds is 1. The van der Waals surface area contributed by atoms with Crippen LogP contribution >= 0.6 is 0 Å². The van der Waals surface area contributed by atoms with Crippen LogP contribution in [0.25, 0.3) is 0 Å². The van der Waals surface area contributed by atoms with Gasteiger partial charge in [0.2, 0.25) is 0 Å². The topological polar surface area (TPSA) is 29.1 Å². The second-order valence-electron chi connectivity index (χ2n) is 2.60. The lowest BCUT2D eigenvalue weighted by atomic mass is 10.1. The number of carbonyl (C=O) groups is 1. The van der Waals surface area contributed by atoms with Crippen molar-refractivity contribution in [2.24, 2.45) is 0 Å². The number of benzene rings is 1. The molecule has 1 rings (SSSR count). The average molecular weight is 167 g/mol. The molecule has 64 valence electrons. The molecular weight excluding hydrogens is 157 g/mol. The molecule has 0 aromatic heterocycles. The lowest BCUT2D eigenvalue weighted by Crippen LogP contribution is -2.17. The molecule has 0 unspecified atom stereocenters. The van der Waals surface area contributed by atoms with Crippen LogP contribution in [0.3, 0.4) is 0 Å². The van der Waals surface area contributed by atoms with Crippen molar-refractivity contribution in [3.05, 3.63) is 35.1 Å². The van der Waals surface area contributed by atoms with E-state index >= 15 is 0 Å². The molecular formula is C9H10FNO. The minimum absolute atomic E-state index is 0.266. The SMILES string of the molecule is CNC(=O)c1cc(C)cc(F)c1. The Morgan fingerprint density at radius 1 is 1.42 bits per heavy atom. The Bertz CT molecular complexity index is 289. The first-order chi connectivity index (χ1) is 5.63. The quantitative estimate of drug-likeness (QED) is 0.674. The highest BCUT2D eigenvalue weighted by Crippen LogP contribution is 2.07. The molecule has 1 N–H and O–H groups in total. The summed E-state index contributed by atoms with van der Waals surface area (Å²) in [6.07, 6.45) is 0. The molecule has 1 aromatic rings. The number of aryl methyl sites for hydroxylation is 1. The van der Waals surface area contributed by atoms with E-state index in [9.17, 15) is 9.18 Å². The number of hydrogen-bond acceptors (Lipinski definition) is 1. The molecule has 0 saturated heterocycles. The van der Waals surface area contributed by atoms with Crippen LogP contribution in [0.5, 0.6) is 0 Å². The van der Waals surface area contributed by atoms with Crippen LogP contribution in [0.4, 0.5) is 4.39 Å². The van der Waals surface area contributed by atoms with Gasteiger partial charge in [0.15, 0.2) is 0 Å². The Morgan fingerprint density at radius 2 is 2.08 bits per heavy atom. The molecule has 0 aliphatic carbocycles. The Kier molecular flexibility index (Phi) is 2.43.